The summed E-state index contributed by atoms with van der Waals surface area (Å²) in [5.74, 6) is 0.220. The fourth-order valence-corrected chi connectivity index (χ4v) is 1.86. The molecule has 3 unspecified atom stereocenters. The quantitative estimate of drug-likeness (QED) is 0.685. The van der Waals surface area contributed by atoms with Crippen molar-refractivity contribution in [1.82, 2.24) is 4.90 Å². The molecule has 0 bridgehead atoms. The summed E-state index contributed by atoms with van der Waals surface area (Å²) in [5.41, 5.74) is 0. The number of hydrogen-bond donors (Lipinski definition) is 2. The van der Waals surface area contributed by atoms with Gasteiger partial charge in [-0.2, -0.15) is 0 Å². The van der Waals surface area contributed by atoms with Crippen molar-refractivity contribution in [3.05, 3.63) is 0 Å². The molecule has 0 aliphatic carbocycles. The van der Waals surface area contributed by atoms with E-state index in [4.69, 9.17) is 9.84 Å². The third-order valence-corrected chi connectivity index (χ3v) is 2.91. The van der Waals surface area contributed by atoms with Crippen LogP contribution in [0.2, 0.25) is 0 Å². The first-order chi connectivity index (χ1) is 7.09. The maximum Gasteiger partial charge on any atom is 0.0624 e. The molecular weight excluding hydrogens is 194 g/mol. The molecule has 15 heavy (non-hydrogen) atoms. The molecule has 0 aromatic heterocycles. The summed E-state index contributed by atoms with van der Waals surface area (Å²) < 4.78 is 5.34. The van der Waals surface area contributed by atoms with E-state index in [-0.39, 0.29) is 18.1 Å². The number of hydrogen-bond acceptors (Lipinski definition) is 4. The highest BCUT2D eigenvalue weighted by atomic mass is 16.5. The van der Waals surface area contributed by atoms with Gasteiger partial charge >= 0.3 is 0 Å². The molecule has 0 aromatic rings. The first-order valence-corrected chi connectivity index (χ1v) is 5.72. The van der Waals surface area contributed by atoms with Gasteiger partial charge in [0.2, 0.25) is 0 Å². The van der Waals surface area contributed by atoms with Gasteiger partial charge in [-0.3, -0.25) is 0 Å². The van der Waals surface area contributed by atoms with Crippen LogP contribution in [-0.4, -0.2) is 60.7 Å². The van der Waals surface area contributed by atoms with Crippen LogP contribution in [0, 0.1) is 5.92 Å². The number of aliphatic hydroxyl groups excluding tert-OH is 2. The molecule has 1 saturated heterocycles. The molecule has 0 amide bonds. The molecule has 0 aromatic carbocycles. The fraction of sp³-hybridized carbons (Fsp3) is 1.00. The molecule has 3 atom stereocenters. The minimum atomic E-state index is -0.250. The Morgan fingerprint density at radius 1 is 1.53 bits per heavy atom. The van der Waals surface area contributed by atoms with Gasteiger partial charge in [0.15, 0.2) is 0 Å². The zero-order valence-electron chi connectivity index (χ0n) is 9.72. The van der Waals surface area contributed by atoms with Crippen LogP contribution in [0.5, 0.6) is 0 Å². The molecule has 1 fully saturated rings. The Kier molecular flexibility index (Phi) is 5.53. The summed E-state index contributed by atoms with van der Waals surface area (Å²) >= 11 is 0. The van der Waals surface area contributed by atoms with Crippen LogP contribution in [0.4, 0.5) is 0 Å². The molecule has 2 N–H and O–H groups in total. The number of ether oxygens (including phenoxy) is 1. The summed E-state index contributed by atoms with van der Waals surface area (Å²) in [7, 11) is 2.02. The average molecular weight is 217 g/mol. The Hall–Kier alpha value is -0.160. The zero-order chi connectivity index (χ0) is 11.3. The number of nitrogens with zero attached hydrogens (tertiary/aromatic N) is 1. The summed E-state index contributed by atoms with van der Waals surface area (Å²) in [6.07, 6.45) is 1.04. The van der Waals surface area contributed by atoms with Gasteiger partial charge in [0, 0.05) is 25.6 Å². The SMILES string of the molecule is CC(O)CCN(C)CC1COCCC1O. The van der Waals surface area contributed by atoms with E-state index in [0.717, 1.165) is 25.9 Å². The molecule has 0 spiro atoms. The third kappa shape index (κ3) is 4.93. The molecule has 4 heteroatoms. The molecule has 4 nitrogen and oxygen atoms in total. The van der Waals surface area contributed by atoms with Crippen LogP contribution in [0.1, 0.15) is 19.8 Å². The Balaban J connectivity index is 2.20. The number of aliphatic hydroxyl groups is 2. The third-order valence-electron chi connectivity index (χ3n) is 2.91. The van der Waals surface area contributed by atoms with Gasteiger partial charge in [-0.15, -0.1) is 0 Å². The fourth-order valence-electron chi connectivity index (χ4n) is 1.86. The van der Waals surface area contributed by atoms with Crippen LogP contribution in [-0.2, 0) is 4.74 Å². The summed E-state index contributed by atoms with van der Waals surface area (Å²) in [5, 5.41) is 18.9. The van der Waals surface area contributed by atoms with E-state index in [2.05, 4.69) is 4.90 Å². The lowest BCUT2D eigenvalue weighted by atomic mass is 9.98. The predicted molar refractivity (Wildman–Crippen MR) is 58.7 cm³/mol. The highest BCUT2D eigenvalue weighted by Crippen LogP contribution is 2.15. The maximum atomic E-state index is 9.74. The summed E-state index contributed by atoms with van der Waals surface area (Å²) in [6.45, 7) is 4.83. The standard InChI is InChI=1S/C11H23NO3/c1-9(13)3-5-12(2)7-10-8-15-6-4-11(10)14/h9-11,13-14H,3-8H2,1-2H3. The van der Waals surface area contributed by atoms with Crippen molar-refractivity contribution < 1.29 is 14.9 Å². The molecular formula is C11H23NO3. The molecule has 0 radical (unpaired) electrons. The highest BCUT2D eigenvalue weighted by Gasteiger charge is 2.24. The van der Waals surface area contributed by atoms with E-state index in [1.807, 2.05) is 7.05 Å². The van der Waals surface area contributed by atoms with Crippen molar-refractivity contribution in [3.63, 3.8) is 0 Å². The lowest BCUT2D eigenvalue weighted by Gasteiger charge is -2.31. The Morgan fingerprint density at radius 3 is 2.87 bits per heavy atom. The first kappa shape index (κ1) is 12.9. The topological polar surface area (TPSA) is 52.9 Å². The van der Waals surface area contributed by atoms with E-state index in [0.29, 0.717) is 13.2 Å². The Bertz CT molecular complexity index is 175. The summed E-state index contributed by atoms with van der Waals surface area (Å²) in [6, 6.07) is 0. The highest BCUT2D eigenvalue weighted by molar-refractivity contribution is 4.75. The van der Waals surface area contributed by atoms with Gasteiger partial charge < -0.3 is 19.8 Å². The normalized spacial score (nSPS) is 29.4. The van der Waals surface area contributed by atoms with Crippen LogP contribution in [0.15, 0.2) is 0 Å². The van der Waals surface area contributed by atoms with Crippen molar-refractivity contribution in [3.8, 4) is 0 Å². The van der Waals surface area contributed by atoms with Crippen LogP contribution >= 0.6 is 0 Å². The smallest absolute Gasteiger partial charge is 0.0624 e. The second kappa shape index (κ2) is 6.43. The van der Waals surface area contributed by atoms with Gasteiger partial charge in [0.25, 0.3) is 0 Å². The number of rotatable bonds is 5. The Morgan fingerprint density at radius 2 is 2.27 bits per heavy atom. The van der Waals surface area contributed by atoms with Crippen molar-refractivity contribution >= 4 is 0 Å². The van der Waals surface area contributed by atoms with E-state index < -0.39 is 0 Å². The summed E-state index contributed by atoms with van der Waals surface area (Å²) in [4.78, 5) is 2.15. The van der Waals surface area contributed by atoms with Gasteiger partial charge in [-0.25, -0.2) is 0 Å². The largest absolute Gasteiger partial charge is 0.393 e. The average Bonchev–Trinajstić information content (AvgIpc) is 2.18. The second-order valence-electron chi connectivity index (χ2n) is 4.59. The molecule has 1 heterocycles. The minimum Gasteiger partial charge on any atom is -0.393 e. The minimum absolute atomic E-state index is 0.220. The van der Waals surface area contributed by atoms with E-state index in [9.17, 15) is 5.11 Å². The van der Waals surface area contributed by atoms with Crippen molar-refractivity contribution in [2.75, 3.05) is 33.4 Å². The van der Waals surface area contributed by atoms with Crippen molar-refractivity contribution in [2.24, 2.45) is 5.92 Å². The van der Waals surface area contributed by atoms with Crippen LogP contribution in [0.25, 0.3) is 0 Å². The molecule has 1 aliphatic heterocycles. The van der Waals surface area contributed by atoms with E-state index in [1.54, 1.807) is 6.92 Å². The predicted octanol–water partition coefficient (Wildman–Crippen LogP) is 0.0865. The second-order valence-corrected chi connectivity index (χ2v) is 4.59. The lowest BCUT2D eigenvalue weighted by molar-refractivity contribution is -0.0450. The Labute approximate surface area is 91.8 Å². The van der Waals surface area contributed by atoms with Gasteiger partial charge in [0.05, 0.1) is 18.8 Å². The molecule has 1 aliphatic rings. The van der Waals surface area contributed by atoms with Gasteiger partial charge in [-0.1, -0.05) is 0 Å². The molecule has 0 saturated carbocycles. The van der Waals surface area contributed by atoms with Gasteiger partial charge in [0.1, 0.15) is 0 Å². The molecule has 90 valence electrons. The molecule has 1 rings (SSSR count). The van der Waals surface area contributed by atoms with Crippen molar-refractivity contribution in [1.29, 1.82) is 0 Å². The van der Waals surface area contributed by atoms with Crippen molar-refractivity contribution in [2.45, 2.75) is 32.0 Å². The van der Waals surface area contributed by atoms with Crippen LogP contribution < -0.4 is 0 Å². The maximum absolute atomic E-state index is 9.74. The van der Waals surface area contributed by atoms with E-state index >= 15 is 0 Å². The first-order valence-electron chi connectivity index (χ1n) is 5.72. The monoisotopic (exact) mass is 217 g/mol. The van der Waals surface area contributed by atoms with Crippen LogP contribution in [0.3, 0.4) is 0 Å². The zero-order valence-corrected chi connectivity index (χ0v) is 9.72. The van der Waals surface area contributed by atoms with E-state index in [1.165, 1.54) is 0 Å². The van der Waals surface area contributed by atoms with Gasteiger partial charge in [-0.05, 0) is 26.8 Å². The lowest BCUT2D eigenvalue weighted by Crippen LogP contribution is -2.40.